The zero-order valence-corrected chi connectivity index (χ0v) is 14.2. The van der Waals surface area contributed by atoms with Crippen LogP contribution in [0.1, 0.15) is 71.6 Å². The molecule has 0 heterocycles. The van der Waals surface area contributed by atoms with Crippen molar-refractivity contribution >= 4 is 21.8 Å². The van der Waals surface area contributed by atoms with Gasteiger partial charge in [0.1, 0.15) is 0 Å². The van der Waals surface area contributed by atoms with Crippen molar-refractivity contribution in [3.05, 3.63) is 0 Å². The Morgan fingerprint density at radius 1 is 1.16 bits per heavy atom. The van der Waals surface area contributed by atoms with Gasteiger partial charge in [-0.1, -0.05) is 61.9 Å². The maximum absolute atomic E-state index is 12.3. The van der Waals surface area contributed by atoms with E-state index in [1.54, 1.807) is 0 Å². The van der Waals surface area contributed by atoms with Crippen molar-refractivity contribution in [1.29, 1.82) is 0 Å². The van der Waals surface area contributed by atoms with Gasteiger partial charge in [0.25, 0.3) is 0 Å². The van der Waals surface area contributed by atoms with Crippen molar-refractivity contribution in [3.63, 3.8) is 0 Å². The monoisotopic (exact) mass is 331 g/mol. The molecule has 0 atom stereocenters. The van der Waals surface area contributed by atoms with Crippen LogP contribution in [0, 0.1) is 11.3 Å². The van der Waals surface area contributed by atoms with Gasteiger partial charge < -0.3 is 5.32 Å². The molecule has 1 aliphatic rings. The van der Waals surface area contributed by atoms with Crippen LogP contribution in [0.4, 0.5) is 0 Å². The third kappa shape index (κ3) is 7.34. The number of carbonyl (C=O) groups excluding carboxylic acids is 1. The molecule has 112 valence electrons. The van der Waals surface area contributed by atoms with Crippen LogP contribution in [-0.4, -0.2) is 17.8 Å². The number of halogens is 1. The first-order valence-electron chi connectivity index (χ1n) is 7.89. The lowest BCUT2D eigenvalue weighted by Gasteiger charge is -2.26. The minimum atomic E-state index is 0.213. The number of amides is 1. The summed E-state index contributed by atoms with van der Waals surface area (Å²) >= 11 is 3.47. The van der Waals surface area contributed by atoms with Gasteiger partial charge in [-0.05, 0) is 31.1 Å². The molecule has 0 unspecified atom stereocenters. The van der Waals surface area contributed by atoms with Crippen LogP contribution < -0.4 is 5.32 Å². The van der Waals surface area contributed by atoms with Crippen molar-refractivity contribution in [2.24, 2.45) is 11.3 Å². The van der Waals surface area contributed by atoms with E-state index in [9.17, 15) is 4.79 Å². The first-order chi connectivity index (χ1) is 9.05. The Balaban J connectivity index is 2.32. The molecule has 1 rings (SSSR count). The highest BCUT2D eigenvalue weighted by molar-refractivity contribution is 9.09. The van der Waals surface area contributed by atoms with E-state index in [4.69, 9.17) is 0 Å². The highest BCUT2D eigenvalue weighted by atomic mass is 79.9. The topological polar surface area (TPSA) is 29.1 Å². The zero-order chi connectivity index (χ0) is 14.1. The van der Waals surface area contributed by atoms with E-state index < -0.39 is 0 Å². The van der Waals surface area contributed by atoms with Gasteiger partial charge in [-0.3, -0.25) is 4.79 Å². The summed E-state index contributed by atoms with van der Waals surface area (Å²) in [6.45, 7) is 5.30. The molecule has 3 heteroatoms. The summed E-state index contributed by atoms with van der Waals surface area (Å²) in [5, 5.41) is 4.24. The summed E-state index contributed by atoms with van der Waals surface area (Å²) in [6, 6.07) is 0. The first kappa shape index (κ1) is 17.0. The number of nitrogens with one attached hydrogen (secondary N) is 1. The second-order valence-electron chi connectivity index (χ2n) is 6.72. The van der Waals surface area contributed by atoms with Gasteiger partial charge in [0.05, 0.1) is 0 Å². The van der Waals surface area contributed by atoms with E-state index in [0.717, 1.165) is 31.1 Å². The average molecular weight is 332 g/mol. The molecule has 0 spiro atoms. The zero-order valence-electron chi connectivity index (χ0n) is 12.6. The number of rotatable bonds is 6. The molecule has 1 aliphatic carbocycles. The standard InChI is InChI=1S/C16H30BrNO/c1-16(2,11-8-12-17)13-18-15(19)14-9-6-4-3-5-7-10-14/h14H,3-13H2,1-2H3,(H,18,19). The SMILES string of the molecule is CC(C)(CCCBr)CNC(=O)C1CCCCCCC1. The molecule has 0 aromatic rings. The average Bonchev–Trinajstić information content (AvgIpc) is 2.33. The van der Waals surface area contributed by atoms with Gasteiger partial charge >= 0.3 is 0 Å². The van der Waals surface area contributed by atoms with Crippen LogP contribution in [0.3, 0.4) is 0 Å². The Bertz CT molecular complexity index is 257. The van der Waals surface area contributed by atoms with Crippen molar-refractivity contribution in [1.82, 2.24) is 5.32 Å². The van der Waals surface area contributed by atoms with Crippen LogP contribution >= 0.6 is 15.9 Å². The lowest BCUT2D eigenvalue weighted by Crippen LogP contribution is -2.38. The third-order valence-corrected chi connectivity index (χ3v) is 4.77. The van der Waals surface area contributed by atoms with Crippen molar-refractivity contribution in [3.8, 4) is 0 Å². The molecular formula is C16H30BrNO. The summed E-state index contributed by atoms with van der Waals surface area (Å²) < 4.78 is 0. The summed E-state index contributed by atoms with van der Waals surface area (Å²) in [4.78, 5) is 12.3. The van der Waals surface area contributed by atoms with Gasteiger partial charge in [0.15, 0.2) is 0 Å². The molecule has 2 nitrogen and oxygen atoms in total. The van der Waals surface area contributed by atoms with Crippen molar-refractivity contribution in [2.45, 2.75) is 71.6 Å². The van der Waals surface area contributed by atoms with Gasteiger partial charge in [-0.25, -0.2) is 0 Å². The summed E-state index contributed by atoms with van der Waals surface area (Å²) in [5.41, 5.74) is 0.213. The molecule has 19 heavy (non-hydrogen) atoms. The normalized spacial score (nSPS) is 18.7. The third-order valence-electron chi connectivity index (χ3n) is 4.20. The Hall–Kier alpha value is -0.0500. The molecule has 0 saturated heterocycles. The highest BCUT2D eigenvalue weighted by Crippen LogP contribution is 2.24. The van der Waals surface area contributed by atoms with E-state index in [1.807, 2.05) is 0 Å². The molecule has 0 radical (unpaired) electrons. The lowest BCUT2D eigenvalue weighted by atomic mass is 9.87. The Kier molecular flexibility index (Phi) is 8.05. The lowest BCUT2D eigenvalue weighted by molar-refractivity contribution is -0.126. The molecular weight excluding hydrogens is 302 g/mol. The minimum absolute atomic E-state index is 0.213. The molecule has 1 N–H and O–H groups in total. The minimum Gasteiger partial charge on any atom is -0.355 e. The van der Waals surface area contributed by atoms with E-state index in [-0.39, 0.29) is 11.3 Å². The molecule has 1 saturated carbocycles. The van der Waals surface area contributed by atoms with E-state index >= 15 is 0 Å². The van der Waals surface area contributed by atoms with Gasteiger partial charge in [0, 0.05) is 17.8 Å². The molecule has 0 aromatic heterocycles. The number of carbonyl (C=O) groups is 1. The maximum atomic E-state index is 12.3. The largest absolute Gasteiger partial charge is 0.355 e. The van der Waals surface area contributed by atoms with Crippen LogP contribution in [0.5, 0.6) is 0 Å². The van der Waals surface area contributed by atoms with E-state index in [0.29, 0.717) is 5.91 Å². The molecule has 1 amide bonds. The molecule has 1 fully saturated rings. The van der Waals surface area contributed by atoms with E-state index in [1.165, 1.54) is 38.5 Å². The van der Waals surface area contributed by atoms with Gasteiger partial charge in [-0.2, -0.15) is 0 Å². The second kappa shape index (κ2) is 8.99. The van der Waals surface area contributed by atoms with Crippen molar-refractivity contribution < 1.29 is 4.79 Å². The number of hydrogen-bond acceptors (Lipinski definition) is 1. The van der Waals surface area contributed by atoms with Crippen LogP contribution in [-0.2, 0) is 4.79 Å². The number of alkyl halides is 1. The molecule has 0 aromatic carbocycles. The first-order valence-corrected chi connectivity index (χ1v) is 9.01. The summed E-state index contributed by atoms with van der Waals surface area (Å²) in [7, 11) is 0. The van der Waals surface area contributed by atoms with Gasteiger partial charge in [0.2, 0.25) is 5.91 Å². The summed E-state index contributed by atoms with van der Waals surface area (Å²) in [6.07, 6.45) is 10.9. The predicted molar refractivity (Wildman–Crippen MR) is 85.6 cm³/mol. The van der Waals surface area contributed by atoms with Crippen LogP contribution in [0.25, 0.3) is 0 Å². The highest BCUT2D eigenvalue weighted by Gasteiger charge is 2.22. The summed E-state index contributed by atoms with van der Waals surface area (Å²) in [5.74, 6) is 0.570. The fourth-order valence-corrected chi connectivity index (χ4v) is 3.10. The Morgan fingerprint density at radius 3 is 2.32 bits per heavy atom. The fourth-order valence-electron chi connectivity index (χ4n) is 2.82. The van der Waals surface area contributed by atoms with E-state index in [2.05, 4.69) is 35.1 Å². The predicted octanol–water partition coefficient (Wildman–Crippen LogP) is 4.66. The second-order valence-corrected chi connectivity index (χ2v) is 7.51. The molecule has 0 bridgehead atoms. The molecule has 0 aliphatic heterocycles. The Labute approximate surface area is 127 Å². The van der Waals surface area contributed by atoms with Crippen molar-refractivity contribution in [2.75, 3.05) is 11.9 Å². The van der Waals surface area contributed by atoms with Crippen LogP contribution in [0.2, 0.25) is 0 Å². The Morgan fingerprint density at radius 2 is 1.74 bits per heavy atom. The fraction of sp³-hybridized carbons (Fsp3) is 0.938. The smallest absolute Gasteiger partial charge is 0.223 e. The quantitative estimate of drug-likeness (QED) is 0.704. The maximum Gasteiger partial charge on any atom is 0.223 e. The number of hydrogen-bond donors (Lipinski definition) is 1. The van der Waals surface area contributed by atoms with Gasteiger partial charge in [-0.15, -0.1) is 0 Å². The van der Waals surface area contributed by atoms with Crippen LogP contribution in [0.15, 0.2) is 0 Å².